The Morgan fingerprint density at radius 3 is 2.48 bits per heavy atom. The van der Waals surface area contributed by atoms with E-state index in [2.05, 4.69) is 10.6 Å². The SMILES string of the molecule is COCCNC(=O)C(=O)Nc1ccc(N2CCCS2(=O)=O)cc1. The van der Waals surface area contributed by atoms with Crippen LogP contribution in [0, 0.1) is 0 Å². The molecule has 2 N–H and O–H groups in total. The van der Waals surface area contributed by atoms with Gasteiger partial charge >= 0.3 is 11.8 Å². The predicted molar refractivity (Wildman–Crippen MR) is 85.7 cm³/mol. The maximum Gasteiger partial charge on any atom is 0.313 e. The molecular formula is C14H19N3O5S. The van der Waals surface area contributed by atoms with Gasteiger partial charge < -0.3 is 15.4 Å². The molecule has 2 rings (SSSR count). The van der Waals surface area contributed by atoms with E-state index in [9.17, 15) is 18.0 Å². The Morgan fingerprint density at radius 1 is 1.22 bits per heavy atom. The highest BCUT2D eigenvalue weighted by atomic mass is 32.2. The molecule has 1 aliphatic heterocycles. The van der Waals surface area contributed by atoms with Gasteiger partial charge in [-0.1, -0.05) is 0 Å². The summed E-state index contributed by atoms with van der Waals surface area (Å²) >= 11 is 0. The summed E-state index contributed by atoms with van der Waals surface area (Å²) in [5, 5.41) is 4.85. The lowest BCUT2D eigenvalue weighted by atomic mass is 10.2. The number of carbonyl (C=O) groups is 2. The molecule has 0 aliphatic carbocycles. The molecule has 1 aliphatic rings. The first-order valence-electron chi connectivity index (χ1n) is 7.12. The number of methoxy groups -OCH3 is 1. The summed E-state index contributed by atoms with van der Waals surface area (Å²) in [4.78, 5) is 23.2. The van der Waals surface area contributed by atoms with Crippen LogP contribution in [0.1, 0.15) is 6.42 Å². The summed E-state index contributed by atoms with van der Waals surface area (Å²) in [6.07, 6.45) is 0.600. The topological polar surface area (TPSA) is 105 Å². The third-order valence-corrected chi connectivity index (χ3v) is 5.18. The number of nitrogens with zero attached hydrogens (tertiary/aromatic N) is 1. The van der Waals surface area contributed by atoms with Crippen LogP contribution in [0.5, 0.6) is 0 Å². The highest BCUT2D eigenvalue weighted by molar-refractivity contribution is 7.93. The van der Waals surface area contributed by atoms with Gasteiger partial charge in [0.2, 0.25) is 10.0 Å². The molecule has 23 heavy (non-hydrogen) atoms. The molecule has 1 aromatic carbocycles. The Kier molecular flexibility index (Phi) is 5.56. The lowest BCUT2D eigenvalue weighted by molar-refractivity contribution is -0.136. The molecule has 9 heteroatoms. The van der Waals surface area contributed by atoms with Crippen molar-refractivity contribution in [2.24, 2.45) is 0 Å². The van der Waals surface area contributed by atoms with Gasteiger partial charge in [-0.3, -0.25) is 13.9 Å². The van der Waals surface area contributed by atoms with Crippen molar-refractivity contribution in [3.63, 3.8) is 0 Å². The fourth-order valence-corrected chi connectivity index (χ4v) is 3.74. The molecule has 0 bridgehead atoms. The number of amides is 2. The van der Waals surface area contributed by atoms with Gasteiger partial charge in [0.25, 0.3) is 0 Å². The zero-order valence-corrected chi connectivity index (χ0v) is 13.6. The van der Waals surface area contributed by atoms with E-state index in [0.29, 0.717) is 30.9 Å². The molecule has 8 nitrogen and oxygen atoms in total. The predicted octanol–water partition coefficient (Wildman–Crippen LogP) is -0.0724. The zero-order chi connectivity index (χ0) is 16.9. The highest BCUT2D eigenvalue weighted by Gasteiger charge is 2.28. The quantitative estimate of drug-likeness (QED) is 0.576. The van der Waals surface area contributed by atoms with Gasteiger partial charge in [-0.25, -0.2) is 8.42 Å². The Morgan fingerprint density at radius 2 is 1.91 bits per heavy atom. The number of hydrogen-bond donors (Lipinski definition) is 2. The fourth-order valence-electron chi connectivity index (χ4n) is 2.18. The molecule has 1 fully saturated rings. The van der Waals surface area contributed by atoms with E-state index < -0.39 is 21.8 Å². The normalized spacial score (nSPS) is 16.1. The van der Waals surface area contributed by atoms with E-state index in [1.165, 1.54) is 11.4 Å². The number of rotatable bonds is 5. The minimum atomic E-state index is -3.23. The zero-order valence-electron chi connectivity index (χ0n) is 12.7. The van der Waals surface area contributed by atoms with Crippen molar-refractivity contribution in [1.82, 2.24) is 5.32 Å². The molecule has 0 radical (unpaired) electrons. The summed E-state index contributed by atoms with van der Waals surface area (Å²) in [5.74, 6) is -1.40. The van der Waals surface area contributed by atoms with Crippen LogP contribution in [0.4, 0.5) is 11.4 Å². The van der Waals surface area contributed by atoms with E-state index >= 15 is 0 Å². The van der Waals surface area contributed by atoms with Crippen molar-refractivity contribution in [3.05, 3.63) is 24.3 Å². The largest absolute Gasteiger partial charge is 0.383 e. The first-order chi connectivity index (χ1) is 10.9. The molecule has 0 aromatic heterocycles. The first-order valence-corrected chi connectivity index (χ1v) is 8.73. The second-order valence-electron chi connectivity index (χ2n) is 4.99. The molecule has 0 atom stereocenters. The van der Waals surface area contributed by atoms with Gasteiger partial charge in [0.1, 0.15) is 0 Å². The van der Waals surface area contributed by atoms with Gasteiger partial charge in [0.15, 0.2) is 0 Å². The first kappa shape index (κ1) is 17.2. The number of carbonyl (C=O) groups excluding carboxylic acids is 2. The average molecular weight is 341 g/mol. The van der Waals surface area contributed by atoms with Crippen LogP contribution < -0.4 is 14.9 Å². The van der Waals surface area contributed by atoms with Crippen LogP contribution in [0.3, 0.4) is 0 Å². The fraction of sp³-hybridized carbons (Fsp3) is 0.429. The van der Waals surface area contributed by atoms with E-state index in [0.717, 1.165) is 0 Å². The van der Waals surface area contributed by atoms with Crippen LogP contribution in [-0.2, 0) is 24.3 Å². The lowest BCUT2D eigenvalue weighted by Gasteiger charge is -2.17. The van der Waals surface area contributed by atoms with Crippen molar-refractivity contribution in [2.75, 3.05) is 42.2 Å². The summed E-state index contributed by atoms with van der Waals surface area (Å²) < 4.78 is 29.8. The van der Waals surface area contributed by atoms with Crippen LogP contribution >= 0.6 is 0 Å². The van der Waals surface area contributed by atoms with Crippen LogP contribution in [-0.4, -0.2) is 52.8 Å². The molecule has 2 amide bonds. The van der Waals surface area contributed by atoms with Gasteiger partial charge in [0.05, 0.1) is 18.0 Å². The Labute approximate surface area is 134 Å². The maximum atomic E-state index is 11.8. The standard InChI is InChI=1S/C14H19N3O5S/c1-22-9-7-15-13(18)14(19)16-11-3-5-12(6-4-11)17-8-2-10-23(17,20)21/h3-6H,2,7-10H2,1H3,(H,15,18)(H,16,19). The molecule has 126 valence electrons. The van der Waals surface area contributed by atoms with E-state index in [-0.39, 0.29) is 12.3 Å². The van der Waals surface area contributed by atoms with Crippen molar-refractivity contribution in [3.8, 4) is 0 Å². The van der Waals surface area contributed by atoms with Gasteiger partial charge in [-0.2, -0.15) is 0 Å². The third-order valence-electron chi connectivity index (χ3n) is 3.31. The number of ether oxygens (including phenoxy) is 1. The lowest BCUT2D eigenvalue weighted by Crippen LogP contribution is -2.37. The Balaban J connectivity index is 1.95. The number of sulfonamides is 1. The molecule has 1 heterocycles. The molecule has 0 unspecified atom stereocenters. The molecule has 0 saturated carbocycles. The molecule has 1 saturated heterocycles. The third kappa shape index (κ3) is 4.42. The Bertz CT molecular complexity index is 672. The van der Waals surface area contributed by atoms with E-state index in [1.807, 2.05) is 0 Å². The van der Waals surface area contributed by atoms with Crippen LogP contribution in [0.15, 0.2) is 24.3 Å². The van der Waals surface area contributed by atoms with Gasteiger partial charge in [-0.15, -0.1) is 0 Å². The number of nitrogens with one attached hydrogen (secondary N) is 2. The average Bonchev–Trinajstić information content (AvgIpc) is 2.87. The monoisotopic (exact) mass is 341 g/mol. The van der Waals surface area contributed by atoms with Crippen LogP contribution in [0.2, 0.25) is 0 Å². The number of anilines is 2. The van der Waals surface area contributed by atoms with Crippen molar-refractivity contribution in [2.45, 2.75) is 6.42 Å². The minimum absolute atomic E-state index is 0.146. The van der Waals surface area contributed by atoms with E-state index in [1.54, 1.807) is 24.3 Å². The van der Waals surface area contributed by atoms with Crippen molar-refractivity contribution >= 4 is 33.2 Å². The summed E-state index contributed by atoms with van der Waals surface area (Å²) in [6.45, 7) is 1.02. The van der Waals surface area contributed by atoms with Gasteiger partial charge in [-0.05, 0) is 30.7 Å². The summed E-state index contributed by atoms with van der Waals surface area (Å²) in [7, 11) is -1.74. The summed E-state index contributed by atoms with van der Waals surface area (Å²) in [5.41, 5.74) is 0.960. The number of hydrogen-bond acceptors (Lipinski definition) is 5. The smallest absolute Gasteiger partial charge is 0.313 e. The number of benzene rings is 1. The highest BCUT2D eigenvalue weighted by Crippen LogP contribution is 2.25. The Hall–Kier alpha value is -2.13. The van der Waals surface area contributed by atoms with Gasteiger partial charge in [0, 0.05) is 25.9 Å². The van der Waals surface area contributed by atoms with Crippen molar-refractivity contribution in [1.29, 1.82) is 0 Å². The van der Waals surface area contributed by atoms with Crippen molar-refractivity contribution < 1.29 is 22.7 Å². The molecular weight excluding hydrogens is 322 g/mol. The maximum absolute atomic E-state index is 11.8. The van der Waals surface area contributed by atoms with Crippen LogP contribution in [0.25, 0.3) is 0 Å². The molecule has 0 spiro atoms. The minimum Gasteiger partial charge on any atom is -0.383 e. The van der Waals surface area contributed by atoms with E-state index in [4.69, 9.17) is 4.74 Å². The second-order valence-corrected chi connectivity index (χ2v) is 7.00. The second kappa shape index (κ2) is 7.42. The molecule has 1 aromatic rings. The summed E-state index contributed by atoms with van der Waals surface area (Å²) in [6, 6.07) is 6.32.